The standard InChI is InChI=1S/C12H21N3O3S/c1-9-13-12(8-15(9)2)19(17,18)14-10-6-4-3-5-7-11(10)16/h8,10-11,14,16H,3-7H2,1-2H3. The van der Waals surface area contributed by atoms with Crippen LogP contribution in [0.1, 0.15) is 37.9 Å². The number of imidazole rings is 1. The lowest BCUT2D eigenvalue weighted by molar-refractivity contribution is 0.130. The molecule has 0 spiro atoms. The minimum atomic E-state index is -3.65. The van der Waals surface area contributed by atoms with Crippen LogP contribution in [0.5, 0.6) is 0 Å². The van der Waals surface area contributed by atoms with E-state index >= 15 is 0 Å². The molecule has 1 aromatic heterocycles. The molecule has 19 heavy (non-hydrogen) atoms. The van der Waals surface area contributed by atoms with Crippen molar-refractivity contribution in [2.45, 2.75) is 56.2 Å². The van der Waals surface area contributed by atoms with Crippen molar-refractivity contribution in [1.29, 1.82) is 0 Å². The Balaban J connectivity index is 2.16. The summed E-state index contributed by atoms with van der Waals surface area (Å²) in [4.78, 5) is 4.03. The fourth-order valence-corrected chi connectivity index (χ4v) is 3.68. The number of hydrogen-bond donors (Lipinski definition) is 2. The first-order valence-corrected chi connectivity index (χ1v) is 8.09. The summed E-state index contributed by atoms with van der Waals surface area (Å²) < 4.78 is 28.7. The first-order valence-electron chi connectivity index (χ1n) is 6.60. The number of hydrogen-bond acceptors (Lipinski definition) is 4. The van der Waals surface area contributed by atoms with Crippen LogP contribution in [0.4, 0.5) is 0 Å². The fraction of sp³-hybridized carbons (Fsp3) is 0.750. The van der Waals surface area contributed by atoms with Crippen molar-refractivity contribution in [3.63, 3.8) is 0 Å². The Morgan fingerprint density at radius 1 is 1.37 bits per heavy atom. The molecule has 1 aliphatic carbocycles. The molecule has 2 unspecified atom stereocenters. The lowest BCUT2D eigenvalue weighted by Crippen LogP contribution is -2.42. The predicted molar refractivity (Wildman–Crippen MR) is 71.1 cm³/mol. The molecule has 2 N–H and O–H groups in total. The van der Waals surface area contributed by atoms with E-state index in [1.807, 2.05) is 0 Å². The number of rotatable bonds is 3. The minimum Gasteiger partial charge on any atom is -0.391 e. The van der Waals surface area contributed by atoms with E-state index in [1.54, 1.807) is 18.5 Å². The minimum absolute atomic E-state index is 0.0175. The van der Waals surface area contributed by atoms with Gasteiger partial charge in [-0.25, -0.2) is 18.1 Å². The molecule has 1 aromatic rings. The molecule has 2 atom stereocenters. The Hall–Kier alpha value is -0.920. The third kappa shape index (κ3) is 3.34. The molecule has 1 aliphatic rings. The number of aliphatic hydroxyl groups excluding tert-OH is 1. The van der Waals surface area contributed by atoms with Crippen molar-refractivity contribution in [3.05, 3.63) is 12.0 Å². The molecule has 0 amide bonds. The van der Waals surface area contributed by atoms with Gasteiger partial charge in [-0.15, -0.1) is 0 Å². The molecule has 6 nitrogen and oxygen atoms in total. The zero-order valence-electron chi connectivity index (χ0n) is 11.3. The number of aromatic nitrogens is 2. The third-order valence-electron chi connectivity index (χ3n) is 3.65. The molecule has 0 radical (unpaired) electrons. The molecule has 0 saturated heterocycles. The monoisotopic (exact) mass is 287 g/mol. The highest BCUT2D eigenvalue weighted by Gasteiger charge is 2.28. The Bertz CT molecular complexity index is 519. The van der Waals surface area contributed by atoms with Gasteiger partial charge in [0.15, 0.2) is 5.03 Å². The molecular formula is C12H21N3O3S. The topological polar surface area (TPSA) is 84.2 Å². The van der Waals surface area contributed by atoms with E-state index in [9.17, 15) is 13.5 Å². The maximum Gasteiger partial charge on any atom is 0.259 e. The van der Waals surface area contributed by atoms with Gasteiger partial charge in [-0.3, -0.25) is 0 Å². The maximum absolute atomic E-state index is 12.2. The van der Waals surface area contributed by atoms with Gasteiger partial charge in [0.25, 0.3) is 10.0 Å². The van der Waals surface area contributed by atoms with Crippen molar-refractivity contribution in [3.8, 4) is 0 Å². The number of aryl methyl sites for hydroxylation is 2. The van der Waals surface area contributed by atoms with Crippen molar-refractivity contribution in [2.75, 3.05) is 0 Å². The predicted octanol–water partition coefficient (Wildman–Crippen LogP) is 0.700. The fourth-order valence-electron chi connectivity index (χ4n) is 2.34. The van der Waals surface area contributed by atoms with Gasteiger partial charge in [0.05, 0.1) is 6.10 Å². The van der Waals surface area contributed by atoms with E-state index in [0.717, 1.165) is 19.3 Å². The average molecular weight is 287 g/mol. The second kappa shape index (κ2) is 5.60. The lowest BCUT2D eigenvalue weighted by Gasteiger charge is -2.20. The number of sulfonamides is 1. The SMILES string of the molecule is Cc1nc(S(=O)(=O)NC2CCCCCC2O)cn1C. The summed E-state index contributed by atoms with van der Waals surface area (Å²) in [6.45, 7) is 1.75. The van der Waals surface area contributed by atoms with E-state index in [1.165, 1.54) is 6.20 Å². The zero-order chi connectivity index (χ0) is 14.0. The van der Waals surface area contributed by atoms with Crippen molar-refractivity contribution >= 4 is 10.0 Å². The Morgan fingerprint density at radius 2 is 2.05 bits per heavy atom. The van der Waals surface area contributed by atoms with Gasteiger partial charge >= 0.3 is 0 Å². The van der Waals surface area contributed by atoms with Crippen LogP contribution < -0.4 is 4.72 Å². The third-order valence-corrected chi connectivity index (χ3v) is 5.01. The van der Waals surface area contributed by atoms with E-state index in [4.69, 9.17) is 0 Å². The molecule has 2 rings (SSSR count). The average Bonchev–Trinajstić information content (AvgIpc) is 2.55. The van der Waals surface area contributed by atoms with Gasteiger partial charge in [0.1, 0.15) is 5.82 Å². The van der Waals surface area contributed by atoms with Crippen LogP contribution in [-0.4, -0.2) is 35.2 Å². The van der Waals surface area contributed by atoms with Crippen molar-refractivity contribution < 1.29 is 13.5 Å². The summed E-state index contributed by atoms with van der Waals surface area (Å²) >= 11 is 0. The molecule has 0 aliphatic heterocycles. The molecule has 7 heteroatoms. The molecule has 1 saturated carbocycles. The molecule has 108 valence electrons. The molecular weight excluding hydrogens is 266 g/mol. The van der Waals surface area contributed by atoms with Gasteiger partial charge in [-0.2, -0.15) is 0 Å². The van der Waals surface area contributed by atoms with Gasteiger partial charge in [0, 0.05) is 19.3 Å². The van der Waals surface area contributed by atoms with Crippen molar-refractivity contribution in [2.24, 2.45) is 7.05 Å². The highest BCUT2D eigenvalue weighted by atomic mass is 32.2. The summed E-state index contributed by atoms with van der Waals surface area (Å²) in [6.07, 6.45) is 5.12. The van der Waals surface area contributed by atoms with Crippen LogP contribution in [-0.2, 0) is 17.1 Å². The molecule has 1 fully saturated rings. The summed E-state index contributed by atoms with van der Waals surface area (Å²) in [5.41, 5.74) is 0. The second-order valence-electron chi connectivity index (χ2n) is 5.17. The van der Waals surface area contributed by atoms with E-state index in [0.29, 0.717) is 18.7 Å². The number of nitrogens with zero attached hydrogens (tertiary/aromatic N) is 2. The summed E-state index contributed by atoms with van der Waals surface area (Å²) in [5, 5.41) is 9.98. The number of nitrogens with one attached hydrogen (secondary N) is 1. The van der Waals surface area contributed by atoms with E-state index < -0.39 is 22.2 Å². The normalized spacial score (nSPS) is 25.2. The van der Waals surface area contributed by atoms with Gasteiger partial charge in [-0.1, -0.05) is 19.3 Å². The molecule has 1 heterocycles. The maximum atomic E-state index is 12.2. The van der Waals surface area contributed by atoms with Gasteiger partial charge in [0.2, 0.25) is 0 Å². The van der Waals surface area contributed by atoms with Crippen molar-refractivity contribution in [1.82, 2.24) is 14.3 Å². The van der Waals surface area contributed by atoms with Crippen LogP contribution in [0.15, 0.2) is 11.2 Å². The lowest BCUT2D eigenvalue weighted by atomic mass is 10.1. The second-order valence-corrected chi connectivity index (χ2v) is 6.83. The van der Waals surface area contributed by atoms with Crippen LogP contribution in [0.3, 0.4) is 0 Å². The number of aliphatic hydroxyl groups is 1. The summed E-state index contributed by atoms with van der Waals surface area (Å²) in [5.74, 6) is 0.641. The smallest absolute Gasteiger partial charge is 0.259 e. The highest BCUT2D eigenvalue weighted by Crippen LogP contribution is 2.20. The van der Waals surface area contributed by atoms with Crippen LogP contribution >= 0.6 is 0 Å². The van der Waals surface area contributed by atoms with Crippen LogP contribution in [0.2, 0.25) is 0 Å². The first kappa shape index (κ1) is 14.5. The zero-order valence-corrected chi connectivity index (χ0v) is 12.2. The summed E-state index contributed by atoms with van der Waals surface area (Å²) in [7, 11) is -1.90. The van der Waals surface area contributed by atoms with Crippen LogP contribution in [0, 0.1) is 6.92 Å². The highest BCUT2D eigenvalue weighted by molar-refractivity contribution is 7.89. The van der Waals surface area contributed by atoms with Gasteiger partial charge in [-0.05, 0) is 19.8 Å². The van der Waals surface area contributed by atoms with E-state index in [-0.39, 0.29) is 5.03 Å². The van der Waals surface area contributed by atoms with E-state index in [2.05, 4.69) is 9.71 Å². The molecule has 0 aromatic carbocycles. The molecule has 0 bridgehead atoms. The van der Waals surface area contributed by atoms with Crippen LogP contribution in [0.25, 0.3) is 0 Å². The largest absolute Gasteiger partial charge is 0.391 e. The Kier molecular flexibility index (Phi) is 4.27. The summed E-state index contributed by atoms with van der Waals surface area (Å²) in [6, 6.07) is -0.408. The Morgan fingerprint density at radius 3 is 2.68 bits per heavy atom. The first-order chi connectivity index (χ1) is 8.90. The quantitative estimate of drug-likeness (QED) is 0.802. The Labute approximate surface area is 113 Å². The van der Waals surface area contributed by atoms with Gasteiger partial charge < -0.3 is 9.67 Å².